The predicted octanol–water partition coefficient (Wildman–Crippen LogP) is 1.64. The molecular formula is C22H23N6O3+. The fourth-order valence-electron chi connectivity index (χ4n) is 3.45. The van der Waals surface area contributed by atoms with Crippen LogP contribution in [0, 0.1) is 10.1 Å². The predicted molar refractivity (Wildman–Crippen MR) is 117 cm³/mol. The highest BCUT2D eigenvalue weighted by Gasteiger charge is 2.18. The second-order valence-corrected chi connectivity index (χ2v) is 7.56. The van der Waals surface area contributed by atoms with E-state index in [1.807, 2.05) is 24.3 Å². The quantitative estimate of drug-likeness (QED) is 0.481. The van der Waals surface area contributed by atoms with Gasteiger partial charge in [-0.05, 0) is 30.3 Å². The molecule has 0 atom stereocenters. The molecule has 3 aromatic rings. The lowest BCUT2D eigenvalue weighted by Crippen LogP contribution is -3.12. The van der Waals surface area contributed by atoms with E-state index in [-0.39, 0.29) is 11.3 Å². The molecule has 0 aliphatic carbocycles. The van der Waals surface area contributed by atoms with Crippen LogP contribution in [0.2, 0.25) is 0 Å². The molecule has 0 spiro atoms. The van der Waals surface area contributed by atoms with Crippen LogP contribution in [0.15, 0.2) is 60.7 Å². The Kier molecular flexibility index (Phi) is 5.85. The maximum atomic E-state index is 12.4. The number of nitro benzene ring substituents is 1. The molecule has 0 radical (unpaired) electrons. The fourth-order valence-corrected chi connectivity index (χ4v) is 3.45. The van der Waals surface area contributed by atoms with E-state index in [0.717, 1.165) is 43.3 Å². The zero-order valence-corrected chi connectivity index (χ0v) is 17.1. The Morgan fingerprint density at radius 2 is 1.81 bits per heavy atom. The number of hydrogen-bond donors (Lipinski definition) is 2. The first kappa shape index (κ1) is 20.4. The maximum Gasteiger partial charge on any atom is 0.270 e. The second-order valence-electron chi connectivity index (χ2n) is 7.56. The van der Waals surface area contributed by atoms with Gasteiger partial charge in [0.05, 0.1) is 43.8 Å². The molecule has 31 heavy (non-hydrogen) atoms. The number of nitro groups is 1. The smallest absolute Gasteiger partial charge is 0.270 e. The Morgan fingerprint density at radius 3 is 2.45 bits per heavy atom. The number of anilines is 2. The Labute approximate surface area is 179 Å². The number of non-ortho nitro benzene ring substituents is 1. The number of rotatable bonds is 5. The number of carbonyl (C=O) groups excluding carboxylic acids is 1. The average Bonchev–Trinajstić information content (AvgIpc) is 2.80. The van der Waals surface area contributed by atoms with E-state index in [1.165, 1.54) is 29.2 Å². The number of quaternary nitrogens is 1. The van der Waals surface area contributed by atoms with Crippen molar-refractivity contribution >= 4 is 23.1 Å². The number of amides is 1. The number of likely N-dealkylation sites (N-methyl/N-ethyl adjacent to an activating group) is 1. The van der Waals surface area contributed by atoms with Gasteiger partial charge in [0.15, 0.2) is 5.82 Å². The first-order chi connectivity index (χ1) is 15.0. The van der Waals surface area contributed by atoms with Crippen molar-refractivity contribution in [1.29, 1.82) is 0 Å². The van der Waals surface area contributed by atoms with Crippen molar-refractivity contribution < 1.29 is 14.6 Å². The largest absolute Gasteiger partial charge is 0.344 e. The summed E-state index contributed by atoms with van der Waals surface area (Å²) in [6.07, 6.45) is 0. The molecule has 1 aliphatic heterocycles. The Balaban J connectivity index is 1.41. The standard InChI is InChI=1S/C22H22N6O3/c1-26-11-13-27(14-12-26)21-10-9-20(24-25-21)16-5-7-18(8-6-16)23-22(29)17-3-2-4-19(15-17)28(30)31/h2-10,15H,11-14H2,1H3,(H,23,29)/p+1. The minimum Gasteiger partial charge on any atom is -0.344 e. The van der Waals surface area contributed by atoms with Crippen LogP contribution < -0.4 is 15.1 Å². The van der Waals surface area contributed by atoms with Crippen LogP contribution in [0.1, 0.15) is 10.4 Å². The number of nitrogens with zero attached hydrogens (tertiary/aromatic N) is 4. The first-order valence-electron chi connectivity index (χ1n) is 10.1. The molecule has 1 fully saturated rings. The summed E-state index contributed by atoms with van der Waals surface area (Å²) in [7, 11) is 2.20. The van der Waals surface area contributed by atoms with E-state index in [9.17, 15) is 14.9 Å². The third-order valence-electron chi connectivity index (χ3n) is 5.35. The third-order valence-corrected chi connectivity index (χ3v) is 5.35. The summed E-state index contributed by atoms with van der Waals surface area (Å²) in [5.41, 5.74) is 2.33. The van der Waals surface area contributed by atoms with Crippen LogP contribution in [-0.2, 0) is 0 Å². The molecule has 1 saturated heterocycles. The normalized spacial score (nSPS) is 14.3. The van der Waals surface area contributed by atoms with Crippen LogP contribution in [0.3, 0.4) is 0 Å². The van der Waals surface area contributed by atoms with Gasteiger partial charge in [0.1, 0.15) is 0 Å². The Bertz CT molecular complexity index is 1080. The van der Waals surface area contributed by atoms with Crippen LogP contribution in [0.5, 0.6) is 0 Å². The van der Waals surface area contributed by atoms with E-state index in [4.69, 9.17) is 0 Å². The third kappa shape index (κ3) is 4.84. The Hall–Kier alpha value is -3.85. The molecule has 0 bridgehead atoms. The lowest BCUT2D eigenvalue weighted by atomic mass is 10.1. The summed E-state index contributed by atoms with van der Waals surface area (Å²) < 4.78 is 0. The van der Waals surface area contributed by atoms with Crippen molar-refractivity contribution in [3.63, 3.8) is 0 Å². The SMILES string of the molecule is C[NH+]1CCN(c2ccc(-c3ccc(NC(=O)c4cccc([N+](=O)[O-])c4)cc3)nn2)CC1. The van der Waals surface area contributed by atoms with Gasteiger partial charge in [-0.2, -0.15) is 0 Å². The summed E-state index contributed by atoms with van der Waals surface area (Å²) in [6, 6.07) is 16.8. The lowest BCUT2D eigenvalue weighted by Gasteiger charge is -2.30. The zero-order valence-electron chi connectivity index (χ0n) is 17.1. The number of piperazine rings is 1. The summed E-state index contributed by atoms with van der Waals surface area (Å²) >= 11 is 0. The molecule has 1 aliphatic rings. The van der Waals surface area contributed by atoms with Gasteiger partial charge in [0, 0.05) is 28.9 Å². The van der Waals surface area contributed by atoms with Gasteiger partial charge in [-0.15, -0.1) is 10.2 Å². The van der Waals surface area contributed by atoms with Crippen LogP contribution >= 0.6 is 0 Å². The van der Waals surface area contributed by atoms with E-state index in [2.05, 4.69) is 27.5 Å². The molecule has 9 nitrogen and oxygen atoms in total. The molecule has 0 saturated carbocycles. The number of nitrogens with one attached hydrogen (secondary N) is 2. The van der Waals surface area contributed by atoms with Gasteiger partial charge in [0.2, 0.25) is 0 Å². The van der Waals surface area contributed by atoms with E-state index in [0.29, 0.717) is 5.69 Å². The van der Waals surface area contributed by atoms with Crippen molar-refractivity contribution in [2.75, 3.05) is 43.4 Å². The molecule has 1 amide bonds. The van der Waals surface area contributed by atoms with Crippen molar-refractivity contribution in [1.82, 2.24) is 10.2 Å². The second kappa shape index (κ2) is 8.88. The molecule has 2 N–H and O–H groups in total. The molecule has 158 valence electrons. The molecule has 2 aromatic carbocycles. The lowest BCUT2D eigenvalue weighted by molar-refractivity contribution is -0.880. The number of hydrogen-bond acceptors (Lipinski definition) is 6. The summed E-state index contributed by atoms with van der Waals surface area (Å²) in [6.45, 7) is 4.12. The van der Waals surface area contributed by atoms with Crippen molar-refractivity contribution in [3.8, 4) is 11.3 Å². The minimum atomic E-state index is -0.525. The molecule has 2 heterocycles. The average molecular weight is 419 g/mol. The van der Waals surface area contributed by atoms with Crippen LogP contribution in [-0.4, -0.2) is 54.3 Å². The minimum absolute atomic E-state index is 0.122. The maximum absolute atomic E-state index is 12.4. The van der Waals surface area contributed by atoms with Gasteiger partial charge in [0.25, 0.3) is 11.6 Å². The molecule has 4 rings (SSSR count). The van der Waals surface area contributed by atoms with Gasteiger partial charge in [-0.1, -0.05) is 18.2 Å². The zero-order chi connectivity index (χ0) is 21.8. The van der Waals surface area contributed by atoms with Gasteiger partial charge >= 0.3 is 0 Å². The molecule has 1 aromatic heterocycles. The highest BCUT2D eigenvalue weighted by atomic mass is 16.6. The first-order valence-corrected chi connectivity index (χ1v) is 10.1. The number of aromatic nitrogens is 2. The van der Waals surface area contributed by atoms with Crippen LogP contribution in [0.4, 0.5) is 17.2 Å². The van der Waals surface area contributed by atoms with E-state index >= 15 is 0 Å². The number of benzene rings is 2. The van der Waals surface area contributed by atoms with E-state index < -0.39 is 10.8 Å². The van der Waals surface area contributed by atoms with Crippen LogP contribution in [0.25, 0.3) is 11.3 Å². The molecule has 9 heteroatoms. The van der Waals surface area contributed by atoms with Gasteiger partial charge < -0.3 is 15.1 Å². The van der Waals surface area contributed by atoms with Crippen molar-refractivity contribution in [3.05, 3.63) is 76.3 Å². The van der Waals surface area contributed by atoms with Crippen molar-refractivity contribution in [2.45, 2.75) is 0 Å². The Morgan fingerprint density at radius 1 is 1.06 bits per heavy atom. The number of carbonyl (C=O) groups is 1. The molecular weight excluding hydrogens is 396 g/mol. The van der Waals surface area contributed by atoms with Crippen molar-refractivity contribution in [2.24, 2.45) is 0 Å². The van der Waals surface area contributed by atoms with Gasteiger partial charge in [-0.3, -0.25) is 14.9 Å². The molecule has 0 unspecified atom stereocenters. The summed E-state index contributed by atoms with van der Waals surface area (Å²) in [5.74, 6) is 0.478. The van der Waals surface area contributed by atoms with E-state index in [1.54, 1.807) is 12.1 Å². The monoisotopic (exact) mass is 419 g/mol. The highest BCUT2D eigenvalue weighted by molar-refractivity contribution is 6.04. The fraction of sp³-hybridized carbons (Fsp3) is 0.227. The van der Waals surface area contributed by atoms with Gasteiger partial charge in [-0.25, -0.2) is 0 Å². The summed E-state index contributed by atoms with van der Waals surface area (Å²) in [5, 5.41) is 22.4. The highest BCUT2D eigenvalue weighted by Crippen LogP contribution is 2.21. The topological polar surface area (TPSA) is 106 Å². The summed E-state index contributed by atoms with van der Waals surface area (Å²) in [4.78, 5) is 26.5.